The summed E-state index contributed by atoms with van der Waals surface area (Å²) in [6, 6.07) is 6.87. The third-order valence-corrected chi connectivity index (χ3v) is 3.27. The Balaban J connectivity index is 2.60. The van der Waals surface area contributed by atoms with Crippen LogP contribution in [-0.2, 0) is 0 Å². The van der Waals surface area contributed by atoms with Gasteiger partial charge < -0.3 is 5.32 Å². The average Bonchev–Trinajstić information content (AvgIpc) is 2.38. The molecule has 0 heterocycles. The Labute approximate surface area is 114 Å². The molecule has 100 valence electrons. The van der Waals surface area contributed by atoms with Gasteiger partial charge in [-0.05, 0) is 30.8 Å². The van der Waals surface area contributed by atoms with Gasteiger partial charge in [0.1, 0.15) is 17.5 Å². The van der Waals surface area contributed by atoms with E-state index in [9.17, 15) is 13.2 Å². The van der Waals surface area contributed by atoms with Crippen molar-refractivity contribution in [2.75, 3.05) is 7.05 Å². The molecule has 19 heavy (non-hydrogen) atoms. The zero-order valence-corrected chi connectivity index (χ0v) is 10.8. The van der Waals surface area contributed by atoms with Crippen molar-refractivity contribution in [2.24, 2.45) is 0 Å². The van der Waals surface area contributed by atoms with Crippen LogP contribution in [0.2, 0.25) is 5.02 Å². The summed E-state index contributed by atoms with van der Waals surface area (Å²) in [5, 5.41) is 2.60. The molecule has 0 amide bonds. The smallest absolute Gasteiger partial charge is 0.142 e. The van der Waals surface area contributed by atoms with Crippen molar-refractivity contribution in [3.8, 4) is 0 Å². The first-order chi connectivity index (χ1) is 9.06. The van der Waals surface area contributed by atoms with Crippen LogP contribution in [-0.4, -0.2) is 7.05 Å². The van der Waals surface area contributed by atoms with E-state index in [0.29, 0.717) is 0 Å². The van der Waals surface area contributed by atoms with E-state index in [4.69, 9.17) is 11.6 Å². The lowest BCUT2D eigenvalue weighted by Crippen LogP contribution is -2.21. The van der Waals surface area contributed by atoms with E-state index in [1.165, 1.54) is 31.3 Å². The lowest BCUT2D eigenvalue weighted by Gasteiger charge is -2.20. The molecule has 2 rings (SSSR count). The van der Waals surface area contributed by atoms with E-state index < -0.39 is 23.5 Å². The van der Waals surface area contributed by atoms with Crippen LogP contribution in [0, 0.1) is 17.5 Å². The molecule has 1 atom stereocenters. The highest BCUT2D eigenvalue weighted by Crippen LogP contribution is 2.32. The monoisotopic (exact) mass is 285 g/mol. The first-order valence-corrected chi connectivity index (χ1v) is 5.99. The summed E-state index contributed by atoms with van der Waals surface area (Å²) in [6.45, 7) is 0. The highest BCUT2D eigenvalue weighted by molar-refractivity contribution is 6.31. The molecule has 0 aliphatic heterocycles. The average molecular weight is 286 g/mol. The Kier molecular flexibility index (Phi) is 4.12. The van der Waals surface area contributed by atoms with Gasteiger partial charge in [-0.1, -0.05) is 29.8 Å². The van der Waals surface area contributed by atoms with Gasteiger partial charge in [0.2, 0.25) is 0 Å². The number of rotatable bonds is 3. The van der Waals surface area contributed by atoms with Crippen LogP contribution in [0.15, 0.2) is 36.4 Å². The summed E-state index contributed by atoms with van der Waals surface area (Å²) in [6.07, 6.45) is 0. The van der Waals surface area contributed by atoms with Crippen LogP contribution in [0.5, 0.6) is 0 Å². The van der Waals surface area contributed by atoms with Gasteiger partial charge in [-0.2, -0.15) is 0 Å². The van der Waals surface area contributed by atoms with E-state index in [1.54, 1.807) is 0 Å². The molecule has 0 radical (unpaired) electrons. The Morgan fingerprint density at radius 1 is 0.947 bits per heavy atom. The van der Waals surface area contributed by atoms with E-state index in [0.717, 1.165) is 12.1 Å². The lowest BCUT2D eigenvalue weighted by molar-refractivity contribution is 0.520. The molecule has 0 bridgehead atoms. The fraction of sp³-hybridized carbons (Fsp3) is 0.143. The van der Waals surface area contributed by atoms with Crippen molar-refractivity contribution in [3.63, 3.8) is 0 Å². The van der Waals surface area contributed by atoms with Gasteiger partial charge in [-0.3, -0.25) is 0 Å². The number of hydrogen-bond donors (Lipinski definition) is 1. The Morgan fingerprint density at radius 3 is 2.05 bits per heavy atom. The molecule has 0 fully saturated rings. The predicted molar refractivity (Wildman–Crippen MR) is 68.7 cm³/mol. The predicted octanol–water partition coefficient (Wildman–Crippen LogP) is 4.07. The highest BCUT2D eigenvalue weighted by Gasteiger charge is 2.23. The van der Waals surface area contributed by atoms with Gasteiger partial charge in [0, 0.05) is 5.56 Å². The summed E-state index contributed by atoms with van der Waals surface area (Å²) in [4.78, 5) is 0. The Morgan fingerprint density at radius 2 is 1.47 bits per heavy atom. The largest absolute Gasteiger partial charge is 0.309 e. The van der Waals surface area contributed by atoms with Gasteiger partial charge in [0.15, 0.2) is 0 Å². The van der Waals surface area contributed by atoms with E-state index in [1.807, 2.05) is 0 Å². The van der Waals surface area contributed by atoms with Crippen molar-refractivity contribution in [2.45, 2.75) is 6.04 Å². The van der Waals surface area contributed by atoms with Crippen LogP contribution in [0.1, 0.15) is 17.2 Å². The fourth-order valence-corrected chi connectivity index (χ4v) is 2.22. The standard InChI is InChI=1S/C14H11ClF3N/c1-19-14(8-4-2-7-11(18)13(8)15)12-9(16)5-3-6-10(12)17/h2-7,14,19H,1H3. The minimum atomic E-state index is -0.857. The number of halogens is 4. The SMILES string of the molecule is CNC(c1cccc(F)c1Cl)c1c(F)cccc1F. The molecule has 0 spiro atoms. The molecular weight excluding hydrogens is 275 g/mol. The second-order valence-electron chi connectivity index (χ2n) is 4.00. The quantitative estimate of drug-likeness (QED) is 0.896. The first kappa shape index (κ1) is 13.9. The van der Waals surface area contributed by atoms with Gasteiger partial charge in [-0.15, -0.1) is 0 Å². The van der Waals surface area contributed by atoms with Gasteiger partial charge in [0.05, 0.1) is 11.1 Å². The van der Waals surface area contributed by atoms with Crippen LogP contribution >= 0.6 is 11.6 Å². The van der Waals surface area contributed by atoms with Crippen molar-refractivity contribution < 1.29 is 13.2 Å². The number of benzene rings is 2. The molecule has 0 saturated heterocycles. The second kappa shape index (κ2) is 5.63. The molecule has 2 aromatic rings. The molecule has 0 saturated carbocycles. The minimum Gasteiger partial charge on any atom is -0.309 e. The Hall–Kier alpha value is -1.52. The third kappa shape index (κ3) is 2.60. The second-order valence-corrected chi connectivity index (χ2v) is 4.38. The molecular formula is C14H11ClF3N. The van der Waals surface area contributed by atoms with Crippen LogP contribution < -0.4 is 5.32 Å². The molecule has 1 unspecified atom stereocenters. The zero-order chi connectivity index (χ0) is 14.0. The van der Waals surface area contributed by atoms with Crippen molar-refractivity contribution >= 4 is 11.6 Å². The number of hydrogen-bond acceptors (Lipinski definition) is 1. The third-order valence-electron chi connectivity index (χ3n) is 2.87. The first-order valence-electron chi connectivity index (χ1n) is 5.61. The fourth-order valence-electron chi connectivity index (χ4n) is 1.99. The molecule has 2 aromatic carbocycles. The van der Waals surface area contributed by atoms with Crippen molar-refractivity contribution in [1.29, 1.82) is 0 Å². The molecule has 5 heteroatoms. The van der Waals surface area contributed by atoms with E-state index in [2.05, 4.69) is 5.32 Å². The Bertz CT molecular complexity index is 581. The summed E-state index contributed by atoms with van der Waals surface area (Å²) >= 11 is 5.86. The zero-order valence-electron chi connectivity index (χ0n) is 10.1. The topological polar surface area (TPSA) is 12.0 Å². The summed E-state index contributed by atoms with van der Waals surface area (Å²) in [7, 11) is 1.53. The maximum Gasteiger partial charge on any atom is 0.142 e. The number of nitrogens with one attached hydrogen (secondary N) is 1. The summed E-state index contributed by atoms with van der Waals surface area (Å²) < 4.78 is 41.0. The normalized spacial score (nSPS) is 12.5. The highest BCUT2D eigenvalue weighted by atomic mass is 35.5. The van der Waals surface area contributed by atoms with Crippen LogP contribution in [0.4, 0.5) is 13.2 Å². The van der Waals surface area contributed by atoms with E-state index >= 15 is 0 Å². The minimum absolute atomic E-state index is 0.149. The molecule has 0 aliphatic rings. The molecule has 1 nitrogen and oxygen atoms in total. The van der Waals surface area contributed by atoms with Crippen molar-refractivity contribution in [3.05, 3.63) is 70.0 Å². The van der Waals surface area contributed by atoms with Crippen LogP contribution in [0.25, 0.3) is 0 Å². The maximum atomic E-state index is 13.8. The van der Waals surface area contributed by atoms with Gasteiger partial charge in [0.25, 0.3) is 0 Å². The molecule has 1 N–H and O–H groups in total. The summed E-state index contributed by atoms with van der Waals surface area (Å²) in [5.41, 5.74) is 0.102. The summed E-state index contributed by atoms with van der Waals surface area (Å²) in [5.74, 6) is -2.05. The maximum absolute atomic E-state index is 13.8. The van der Waals surface area contributed by atoms with Gasteiger partial charge >= 0.3 is 0 Å². The van der Waals surface area contributed by atoms with Crippen molar-refractivity contribution in [1.82, 2.24) is 5.32 Å². The molecule has 0 aliphatic carbocycles. The molecule has 0 aromatic heterocycles. The van der Waals surface area contributed by atoms with E-state index in [-0.39, 0.29) is 16.1 Å². The van der Waals surface area contributed by atoms with Crippen LogP contribution in [0.3, 0.4) is 0 Å². The lowest BCUT2D eigenvalue weighted by atomic mass is 9.97. The van der Waals surface area contributed by atoms with Gasteiger partial charge in [-0.25, -0.2) is 13.2 Å².